The molecule has 2 aromatic carbocycles. The van der Waals surface area contributed by atoms with E-state index in [-0.39, 0.29) is 5.91 Å². The van der Waals surface area contributed by atoms with Gasteiger partial charge in [-0.15, -0.1) is 0 Å². The number of para-hydroxylation sites is 1. The smallest absolute Gasteiger partial charge is 0.265 e. The molecule has 4 heteroatoms. The van der Waals surface area contributed by atoms with Gasteiger partial charge in [-0.1, -0.05) is 40.2 Å². The van der Waals surface area contributed by atoms with Crippen LogP contribution in [-0.2, 0) is 4.79 Å². The van der Waals surface area contributed by atoms with Crippen LogP contribution in [0.5, 0.6) is 5.75 Å². The lowest BCUT2D eigenvalue weighted by atomic mass is 10.3. The highest BCUT2D eigenvalue weighted by Gasteiger charge is 2.14. The van der Waals surface area contributed by atoms with Gasteiger partial charge in [0.2, 0.25) is 0 Å². The molecule has 0 spiro atoms. The molecule has 98 valence electrons. The molecule has 1 amide bonds. The van der Waals surface area contributed by atoms with Crippen molar-refractivity contribution < 1.29 is 9.53 Å². The summed E-state index contributed by atoms with van der Waals surface area (Å²) in [6, 6.07) is 16.7. The molecule has 1 atom stereocenters. The van der Waals surface area contributed by atoms with Crippen LogP contribution in [0.4, 0.5) is 5.69 Å². The Morgan fingerprint density at radius 3 is 2.58 bits per heavy atom. The van der Waals surface area contributed by atoms with Crippen LogP contribution in [0.3, 0.4) is 0 Å². The van der Waals surface area contributed by atoms with E-state index >= 15 is 0 Å². The number of amides is 1. The summed E-state index contributed by atoms with van der Waals surface area (Å²) in [7, 11) is 0. The van der Waals surface area contributed by atoms with Crippen molar-refractivity contribution in [2.45, 2.75) is 13.0 Å². The minimum atomic E-state index is -0.554. The third-order valence-corrected chi connectivity index (χ3v) is 3.01. The Morgan fingerprint density at radius 1 is 1.16 bits per heavy atom. The summed E-state index contributed by atoms with van der Waals surface area (Å²) < 4.78 is 6.47. The number of hydrogen-bond donors (Lipinski definition) is 1. The van der Waals surface area contributed by atoms with Crippen molar-refractivity contribution >= 4 is 27.5 Å². The molecule has 0 saturated heterocycles. The summed E-state index contributed by atoms with van der Waals surface area (Å²) in [6.07, 6.45) is -0.554. The third kappa shape index (κ3) is 4.10. The van der Waals surface area contributed by atoms with Gasteiger partial charge in [-0.2, -0.15) is 0 Å². The molecule has 0 bridgehead atoms. The normalized spacial score (nSPS) is 11.7. The summed E-state index contributed by atoms with van der Waals surface area (Å²) in [4.78, 5) is 12.0. The maximum Gasteiger partial charge on any atom is 0.265 e. The Labute approximate surface area is 120 Å². The molecule has 1 unspecified atom stereocenters. The van der Waals surface area contributed by atoms with Gasteiger partial charge in [-0.25, -0.2) is 0 Å². The molecule has 2 aromatic rings. The average Bonchev–Trinajstić information content (AvgIpc) is 2.40. The molecule has 0 radical (unpaired) electrons. The van der Waals surface area contributed by atoms with Crippen molar-refractivity contribution in [3.8, 4) is 5.75 Å². The first-order chi connectivity index (χ1) is 9.15. The fourth-order valence-electron chi connectivity index (χ4n) is 1.57. The first-order valence-electron chi connectivity index (χ1n) is 5.93. The van der Waals surface area contributed by atoms with Gasteiger partial charge < -0.3 is 10.1 Å². The van der Waals surface area contributed by atoms with Crippen molar-refractivity contribution in [3.63, 3.8) is 0 Å². The van der Waals surface area contributed by atoms with Crippen molar-refractivity contribution in [1.29, 1.82) is 0 Å². The van der Waals surface area contributed by atoms with E-state index in [0.29, 0.717) is 5.75 Å². The summed E-state index contributed by atoms with van der Waals surface area (Å²) in [6.45, 7) is 1.72. The molecule has 0 fully saturated rings. The number of nitrogens with one attached hydrogen (secondary N) is 1. The summed E-state index contributed by atoms with van der Waals surface area (Å²) in [5.41, 5.74) is 0.739. The number of carbonyl (C=O) groups excluding carboxylic acids is 1. The highest BCUT2D eigenvalue weighted by molar-refractivity contribution is 9.10. The minimum Gasteiger partial charge on any atom is -0.481 e. The van der Waals surface area contributed by atoms with Crippen LogP contribution in [0, 0.1) is 0 Å². The topological polar surface area (TPSA) is 38.3 Å². The van der Waals surface area contributed by atoms with Gasteiger partial charge in [-0.05, 0) is 37.3 Å². The van der Waals surface area contributed by atoms with Crippen molar-refractivity contribution in [2.24, 2.45) is 0 Å². The highest BCUT2D eigenvalue weighted by Crippen LogP contribution is 2.16. The first-order valence-corrected chi connectivity index (χ1v) is 6.72. The molecular formula is C15H14BrNO2. The zero-order valence-corrected chi connectivity index (χ0v) is 12.1. The van der Waals surface area contributed by atoms with Crippen molar-refractivity contribution in [3.05, 3.63) is 59.1 Å². The highest BCUT2D eigenvalue weighted by atomic mass is 79.9. The number of anilines is 1. The fraction of sp³-hybridized carbons (Fsp3) is 0.133. The number of hydrogen-bond acceptors (Lipinski definition) is 2. The number of carbonyl (C=O) groups is 1. The Bertz CT molecular complexity index is 557. The van der Waals surface area contributed by atoms with Crippen LogP contribution < -0.4 is 10.1 Å². The molecule has 2 rings (SSSR count). The van der Waals surface area contributed by atoms with Gasteiger partial charge in [0.05, 0.1) is 0 Å². The second kappa shape index (κ2) is 6.38. The largest absolute Gasteiger partial charge is 0.481 e. The Morgan fingerprint density at radius 2 is 1.89 bits per heavy atom. The van der Waals surface area contributed by atoms with Crippen LogP contribution in [0.2, 0.25) is 0 Å². The standard InChI is InChI=1S/C15H14BrNO2/c1-11(19-14-8-3-2-4-9-14)15(18)17-13-7-5-6-12(16)10-13/h2-11H,1H3,(H,17,18). The second-order valence-electron chi connectivity index (χ2n) is 4.07. The van der Waals surface area contributed by atoms with Gasteiger partial charge in [0.25, 0.3) is 5.91 Å². The molecule has 3 nitrogen and oxygen atoms in total. The number of benzene rings is 2. The van der Waals surface area contributed by atoms with E-state index in [1.54, 1.807) is 6.92 Å². The number of ether oxygens (including phenoxy) is 1. The van der Waals surface area contributed by atoms with Crippen LogP contribution in [-0.4, -0.2) is 12.0 Å². The summed E-state index contributed by atoms with van der Waals surface area (Å²) in [5, 5.41) is 2.81. The Balaban J connectivity index is 1.96. The second-order valence-corrected chi connectivity index (χ2v) is 4.99. The van der Waals surface area contributed by atoms with E-state index in [1.165, 1.54) is 0 Å². The monoisotopic (exact) mass is 319 g/mol. The lowest BCUT2D eigenvalue weighted by Gasteiger charge is -2.14. The molecule has 0 aliphatic carbocycles. The zero-order valence-electron chi connectivity index (χ0n) is 10.5. The Kier molecular flexibility index (Phi) is 4.58. The minimum absolute atomic E-state index is 0.179. The van der Waals surface area contributed by atoms with Crippen LogP contribution in [0.15, 0.2) is 59.1 Å². The summed E-state index contributed by atoms with van der Waals surface area (Å²) >= 11 is 3.36. The lowest BCUT2D eigenvalue weighted by molar-refractivity contribution is -0.122. The lowest BCUT2D eigenvalue weighted by Crippen LogP contribution is -2.30. The molecule has 19 heavy (non-hydrogen) atoms. The van der Waals surface area contributed by atoms with Gasteiger partial charge in [0, 0.05) is 10.2 Å². The Hall–Kier alpha value is -1.81. The molecule has 1 N–H and O–H groups in total. The van der Waals surface area contributed by atoms with Crippen LogP contribution >= 0.6 is 15.9 Å². The van der Waals surface area contributed by atoms with Gasteiger partial charge >= 0.3 is 0 Å². The predicted molar refractivity (Wildman–Crippen MR) is 79.3 cm³/mol. The maximum atomic E-state index is 12.0. The molecule has 0 aliphatic rings. The molecule has 0 heterocycles. The molecule has 0 aromatic heterocycles. The van der Waals surface area contributed by atoms with Gasteiger partial charge in [0.1, 0.15) is 5.75 Å². The zero-order chi connectivity index (χ0) is 13.7. The number of halogens is 1. The third-order valence-electron chi connectivity index (χ3n) is 2.52. The van der Waals surface area contributed by atoms with Crippen LogP contribution in [0.25, 0.3) is 0 Å². The predicted octanol–water partition coefficient (Wildman–Crippen LogP) is 3.86. The van der Waals surface area contributed by atoms with E-state index in [1.807, 2.05) is 54.6 Å². The molecule has 0 aliphatic heterocycles. The van der Waals surface area contributed by atoms with E-state index in [9.17, 15) is 4.79 Å². The van der Waals surface area contributed by atoms with Gasteiger partial charge in [0.15, 0.2) is 6.10 Å². The molecular weight excluding hydrogens is 306 g/mol. The first kappa shape index (κ1) is 13.6. The maximum absolute atomic E-state index is 12.0. The van der Waals surface area contributed by atoms with Crippen LogP contribution in [0.1, 0.15) is 6.92 Å². The van der Waals surface area contributed by atoms with Gasteiger partial charge in [-0.3, -0.25) is 4.79 Å². The summed E-state index contributed by atoms with van der Waals surface area (Å²) in [5.74, 6) is 0.501. The van der Waals surface area contributed by atoms with Crippen molar-refractivity contribution in [2.75, 3.05) is 5.32 Å². The van der Waals surface area contributed by atoms with E-state index < -0.39 is 6.10 Å². The number of rotatable bonds is 4. The SMILES string of the molecule is CC(Oc1ccccc1)C(=O)Nc1cccc(Br)c1. The van der Waals surface area contributed by atoms with E-state index in [0.717, 1.165) is 10.2 Å². The van der Waals surface area contributed by atoms with E-state index in [4.69, 9.17) is 4.74 Å². The van der Waals surface area contributed by atoms with E-state index in [2.05, 4.69) is 21.2 Å². The fourth-order valence-corrected chi connectivity index (χ4v) is 1.97. The van der Waals surface area contributed by atoms with Crippen molar-refractivity contribution in [1.82, 2.24) is 0 Å². The molecule has 0 saturated carbocycles. The average molecular weight is 320 g/mol. The quantitative estimate of drug-likeness (QED) is 0.929.